The fraction of sp³-hybridized carbons (Fsp3) is 0.368. The predicted octanol–water partition coefficient (Wildman–Crippen LogP) is 7.13. The molecule has 0 bridgehead atoms. The Balaban J connectivity index is 2.28. The second-order valence-corrected chi connectivity index (χ2v) is 6.81. The molecular weight excluding hydrogens is 337 g/mol. The molecule has 0 aliphatic rings. The summed E-state index contributed by atoms with van der Waals surface area (Å²) in [6, 6.07) is 7.98. The maximum Gasteiger partial charge on any atom is 0.145 e. The number of rotatable bonds is 5. The summed E-state index contributed by atoms with van der Waals surface area (Å²) < 4.78 is 27.7. The number of benzene rings is 2. The van der Waals surface area contributed by atoms with Crippen molar-refractivity contribution in [3.63, 3.8) is 0 Å². The van der Waals surface area contributed by atoms with Crippen molar-refractivity contribution < 1.29 is 8.78 Å². The molecule has 124 valence electrons. The molecule has 0 radical (unpaired) electrons. The first-order valence-corrected chi connectivity index (χ1v) is 8.52. The Bertz CT molecular complexity index is 698. The Hall–Kier alpha value is -1.12. The molecule has 0 saturated carbocycles. The van der Waals surface area contributed by atoms with Crippen LogP contribution in [-0.4, -0.2) is 0 Å². The predicted molar refractivity (Wildman–Crippen MR) is 93.6 cm³/mol. The minimum atomic E-state index is -0.377. The van der Waals surface area contributed by atoms with E-state index < -0.39 is 0 Å². The molecule has 0 nitrogen and oxygen atoms in total. The van der Waals surface area contributed by atoms with Gasteiger partial charge in [0.1, 0.15) is 11.6 Å². The molecule has 0 amide bonds. The van der Waals surface area contributed by atoms with Crippen molar-refractivity contribution in [2.24, 2.45) is 0 Å². The van der Waals surface area contributed by atoms with E-state index in [4.69, 9.17) is 23.2 Å². The average molecular weight is 357 g/mol. The lowest BCUT2D eigenvalue weighted by Gasteiger charge is -2.17. The van der Waals surface area contributed by atoms with Crippen molar-refractivity contribution >= 4 is 23.2 Å². The molecule has 0 aliphatic carbocycles. The average Bonchev–Trinajstić information content (AvgIpc) is 2.51. The maximum atomic E-state index is 14.6. The Morgan fingerprint density at radius 2 is 1.61 bits per heavy atom. The van der Waals surface area contributed by atoms with E-state index in [1.807, 2.05) is 26.8 Å². The van der Waals surface area contributed by atoms with Gasteiger partial charge in [0, 0.05) is 5.02 Å². The molecule has 0 aliphatic heterocycles. The van der Waals surface area contributed by atoms with Crippen molar-refractivity contribution in [2.45, 2.75) is 45.4 Å². The quantitative estimate of drug-likeness (QED) is 0.534. The van der Waals surface area contributed by atoms with Crippen molar-refractivity contribution in [3.8, 4) is 0 Å². The zero-order chi connectivity index (χ0) is 17.1. The Kier molecular flexibility index (Phi) is 6.05. The molecule has 0 spiro atoms. The van der Waals surface area contributed by atoms with Gasteiger partial charge in [-0.05, 0) is 53.5 Å². The third-order valence-corrected chi connectivity index (χ3v) is 5.07. The van der Waals surface area contributed by atoms with Gasteiger partial charge in [0.05, 0.1) is 5.02 Å². The lowest BCUT2D eigenvalue weighted by molar-refractivity contribution is 0.591. The maximum absolute atomic E-state index is 14.6. The van der Waals surface area contributed by atoms with Gasteiger partial charge in [-0.15, -0.1) is 0 Å². The highest BCUT2D eigenvalue weighted by atomic mass is 35.5. The van der Waals surface area contributed by atoms with Gasteiger partial charge >= 0.3 is 0 Å². The minimum absolute atomic E-state index is 0.0388. The highest BCUT2D eigenvalue weighted by Gasteiger charge is 2.18. The van der Waals surface area contributed by atoms with Gasteiger partial charge in [0.25, 0.3) is 0 Å². The van der Waals surface area contributed by atoms with Crippen LogP contribution in [0.2, 0.25) is 10.0 Å². The molecule has 0 saturated heterocycles. The lowest BCUT2D eigenvalue weighted by atomic mass is 9.91. The van der Waals surface area contributed by atoms with Crippen LogP contribution in [0.1, 0.15) is 55.7 Å². The van der Waals surface area contributed by atoms with Gasteiger partial charge < -0.3 is 0 Å². The fourth-order valence-corrected chi connectivity index (χ4v) is 3.43. The molecule has 0 heterocycles. The highest BCUT2D eigenvalue weighted by Crippen LogP contribution is 2.34. The largest absolute Gasteiger partial charge is 0.207 e. The standard InChI is InChI=1S/C19H20Cl2F2/c1-4-11(2)16-7-5-13(19(23)18(16)21)9-12(3)15-8-6-14(22)10-17(15)20/h5-8,10-12H,4,9H2,1-3H3. The van der Waals surface area contributed by atoms with Gasteiger partial charge in [-0.1, -0.05) is 62.2 Å². The van der Waals surface area contributed by atoms with Gasteiger partial charge in [0.15, 0.2) is 0 Å². The lowest BCUT2D eigenvalue weighted by Crippen LogP contribution is -2.04. The van der Waals surface area contributed by atoms with E-state index in [0.29, 0.717) is 17.0 Å². The first-order valence-electron chi connectivity index (χ1n) is 7.76. The van der Waals surface area contributed by atoms with Crippen molar-refractivity contribution in [1.29, 1.82) is 0 Å². The van der Waals surface area contributed by atoms with Gasteiger partial charge in [-0.25, -0.2) is 8.78 Å². The van der Waals surface area contributed by atoms with Crippen LogP contribution in [0.15, 0.2) is 30.3 Å². The monoisotopic (exact) mass is 356 g/mol. The van der Waals surface area contributed by atoms with E-state index in [1.165, 1.54) is 12.1 Å². The molecular formula is C19H20Cl2F2. The first-order chi connectivity index (χ1) is 10.8. The van der Waals surface area contributed by atoms with E-state index >= 15 is 0 Å². The third kappa shape index (κ3) is 4.05. The smallest absolute Gasteiger partial charge is 0.145 e. The molecule has 2 aromatic carbocycles. The molecule has 0 fully saturated rings. The SMILES string of the molecule is CCC(C)c1ccc(CC(C)c2ccc(F)cc2Cl)c(F)c1Cl. The van der Waals surface area contributed by atoms with Crippen molar-refractivity contribution in [2.75, 3.05) is 0 Å². The summed E-state index contributed by atoms with van der Waals surface area (Å²) in [5.74, 6) is -0.564. The molecule has 0 aromatic heterocycles. The van der Waals surface area contributed by atoms with E-state index in [-0.39, 0.29) is 28.5 Å². The summed E-state index contributed by atoms with van der Waals surface area (Å²) in [5, 5.41) is 0.564. The molecule has 2 aromatic rings. The van der Waals surface area contributed by atoms with Crippen LogP contribution >= 0.6 is 23.2 Å². The van der Waals surface area contributed by atoms with Crippen LogP contribution < -0.4 is 0 Å². The zero-order valence-electron chi connectivity index (χ0n) is 13.5. The Morgan fingerprint density at radius 1 is 0.957 bits per heavy atom. The fourth-order valence-electron chi connectivity index (χ4n) is 2.70. The third-order valence-electron chi connectivity index (χ3n) is 4.35. The molecule has 23 heavy (non-hydrogen) atoms. The van der Waals surface area contributed by atoms with Crippen LogP contribution in [-0.2, 0) is 6.42 Å². The van der Waals surface area contributed by atoms with Crippen LogP contribution in [0.4, 0.5) is 8.78 Å². The first kappa shape index (κ1) is 18.2. The molecule has 0 N–H and O–H groups in total. The van der Waals surface area contributed by atoms with E-state index in [2.05, 4.69) is 0 Å². The zero-order valence-corrected chi connectivity index (χ0v) is 15.0. The van der Waals surface area contributed by atoms with Crippen LogP contribution in [0.5, 0.6) is 0 Å². The number of hydrogen-bond donors (Lipinski definition) is 0. The second-order valence-electron chi connectivity index (χ2n) is 6.02. The van der Waals surface area contributed by atoms with Gasteiger partial charge in [0.2, 0.25) is 0 Å². The van der Waals surface area contributed by atoms with E-state index in [0.717, 1.165) is 17.5 Å². The molecule has 2 atom stereocenters. The van der Waals surface area contributed by atoms with Crippen LogP contribution in [0.3, 0.4) is 0 Å². The summed E-state index contributed by atoms with van der Waals surface area (Å²) in [4.78, 5) is 0. The summed E-state index contributed by atoms with van der Waals surface area (Å²) in [6.07, 6.45) is 1.36. The summed E-state index contributed by atoms with van der Waals surface area (Å²) in [7, 11) is 0. The van der Waals surface area contributed by atoms with E-state index in [9.17, 15) is 8.78 Å². The van der Waals surface area contributed by atoms with Gasteiger partial charge in [-0.3, -0.25) is 0 Å². The molecule has 4 heteroatoms. The second kappa shape index (κ2) is 7.63. The van der Waals surface area contributed by atoms with Crippen molar-refractivity contribution in [3.05, 3.63) is 68.7 Å². The van der Waals surface area contributed by atoms with E-state index in [1.54, 1.807) is 12.1 Å². The normalized spacial score (nSPS) is 13.9. The van der Waals surface area contributed by atoms with Crippen LogP contribution in [0.25, 0.3) is 0 Å². The Labute approximate surface area is 146 Å². The van der Waals surface area contributed by atoms with Crippen molar-refractivity contribution in [1.82, 2.24) is 0 Å². The van der Waals surface area contributed by atoms with Gasteiger partial charge in [-0.2, -0.15) is 0 Å². The number of hydrogen-bond acceptors (Lipinski definition) is 0. The number of halogens is 4. The summed E-state index contributed by atoms with van der Waals surface area (Å²) >= 11 is 12.3. The topological polar surface area (TPSA) is 0 Å². The molecule has 2 rings (SSSR count). The van der Waals surface area contributed by atoms with Crippen LogP contribution in [0, 0.1) is 11.6 Å². The minimum Gasteiger partial charge on any atom is -0.207 e. The Morgan fingerprint density at radius 3 is 2.22 bits per heavy atom. The summed E-state index contributed by atoms with van der Waals surface area (Å²) in [6.45, 7) is 6.02. The highest BCUT2D eigenvalue weighted by molar-refractivity contribution is 6.32. The molecule has 2 unspecified atom stereocenters. The summed E-state index contributed by atoms with van der Waals surface area (Å²) in [5.41, 5.74) is 2.19.